The highest BCUT2D eigenvalue weighted by Crippen LogP contribution is 2.28. The Hall–Kier alpha value is -0.120. The fraction of sp³-hybridized carbons (Fsp3) is 1.00. The molecule has 3 nitrogen and oxygen atoms in total. The first-order valence-electron chi connectivity index (χ1n) is 7.06. The summed E-state index contributed by atoms with van der Waals surface area (Å²) < 4.78 is 0. The Bertz CT molecular complexity index is 214. The fourth-order valence-corrected chi connectivity index (χ4v) is 2.64. The molecule has 102 valence electrons. The van der Waals surface area contributed by atoms with Crippen LogP contribution in [0.15, 0.2) is 0 Å². The summed E-state index contributed by atoms with van der Waals surface area (Å²) in [6, 6.07) is 1.37. The number of likely N-dealkylation sites (N-methyl/N-ethyl adjacent to an activating group) is 1. The molecule has 1 unspecified atom stereocenters. The second-order valence-corrected chi connectivity index (χ2v) is 6.47. The molecule has 1 fully saturated rings. The van der Waals surface area contributed by atoms with Gasteiger partial charge >= 0.3 is 0 Å². The van der Waals surface area contributed by atoms with E-state index in [0.29, 0.717) is 11.5 Å². The molecule has 0 spiro atoms. The monoisotopic (exact) mass is 241 g/mol. The fourth-order valence-electron chi connectivity index (χ4n) is 2.64. The van der Waals surface area contributed by atoms with Gasteiger partial charge in [0, 0.05) is 31.7 Å². The molecule has 2 N–H and O–H groups in total. The first-order chi connectivity index (χ1) is 7.94. The number of rotatable bonds is 7. The van der Waals surface area contributed by atoms with Crippen LogP contribution in [-0.2, 0) is 0 Å². The lowest BCUT2D eigenvalue weighted by Gasteiger charge is -2.27. The molecule has 1 aliphatic heterocycles. The van der Waals surface area contributed by atoms with Crippen LogP contribution in [0.25, 0.3) is 0 Å². The third-order valence-corrected chi connectivity index (χ3v) is 3.81. The van der Waals surface area contributed by atoms with E-state index in [2.05, 4.69) is 43.2 Å². The van der Waals surface area contributed by atoms with Gasteiger partial charge in [-0.3, -0.25) is 4.90 Å². The minimum Gasteiger partial charge on any atom is -0.318 e. The lowest BCUT2D eigenvalue weighted by atomic mass is 9.90. The Morgan fingerprint density at radius 2 is 2.06 bits per heavy atom. The minimum atomic E-state index is 0.498. The highest BCUT2D eigenvalue weighted by molar-refractivity contribution is 4.88. The molecule has 0 amide bonds. The average molecular weight is 241 g/mol. The van der Waals surface area contributed by atoms with Crippen molar-refractivity contribution in [3.63, 3.8) is 0 Å². The number of hydrogen-bond acceptors (Lipinski definition) is 3. The molecule has 1 aliphatic rings. The summed E-state index contributed by atoms with van der Waals surface area (Å²) in [5, 5.41) is 6.89. The zero-order valence-electron chi connectivity index (χ0n) is 12.3. The number of nitrogens with one attached hydrogen (secondary N) is 2. The van der Waals surface area contributed by atoms with Gasteiger partial charge in [-0.05, 0) is 45.7 Å². The van der Waals surface area contributed by atoms with E-state index in [1.807, 2.05) is 7.05 Å². The van der Waals surface area contributed by atoms with Crippen molar-refractivity contribution in [3.8, 4) is 0 Å². The SMILES string of the molecule is CNCCN(CCC1CC(C)(C)CN1)C(C)C. The largest absolute Gasteiger partial charge is 0.318 e. The van der Waals surface area contributed by atoms with E-state index in [4.69, 9.17) is 0 Å². The maximum absolute atomic E-state index is 3.65. The molecule has 0 aromatic heterocycles. The van der Waals surface area contributed by atoms with Crippen molar-refractivity contribution in [1.29, 1.82) is 0 Å². The van der Waals surface area contributed by atoms with Gasteiger partial charge in [0.25, 0.3) is 0 Å². The van der Waals surface area contributed by atoms with Crippen molar-refractivity contribution in [1.82, 2.24) is 15.5 Å². The number of nitrogens with zero attached hydrogens (tertiary/aromatic N) is 1. The molecule has 1 atom stereocenters. The van der Waals surface area contributed by atoms with Gasteiger partial charge < -0.3 is 10.6 Å². The van der Waals surface area contributed by atoms with E-state index < -0.39 is 0 Å². The van der Waals surface area contributed by atoms with E-state index in [0.717, 1.165) is 19.1 Å². The lowest BCUT2D eigenvalue weighted by Crippen LogP contribution is -2.39. The molecule has 1 heterocycles. The molecule has 0 aromatic rings. The van der Waals surface area contributed by atoms with E-state index in [1.54, 1.807) is 0 Å². The molecule has 3 heteroatoms. The molecule has 1 rings (SSSR count). The third kappa shape index (κ3) is 5.36. The molecule has 0 bridgehead atoms. The van der Waals surface area contributed by atoms with Crippen LogP contribution in [0.4, 0.5) is 0 Å². The van der Waals surface area contributed by atoms with Gasteiger partial charge in [-0.2, -0.15) is 0 Å². The van der Waals surface area contributed by atoms with Crippen LogP contribution in [0.2, 0.25) is 0 Å². The highest BCUT2D eigenvalue weighted by Gasteiger charge is 2.30. The van der Waals surface area contributed by atoms with Crippen molar-refractivity contribution in [2.45, 2.75) is 52.6 Å². The van der Waals surface area contributed by atoms with Gasteiger partial charge in [0.05, 0.1) is 0 Å². The van der Waals surface area contributed by atoms with Crippen molar-refractivity contribution in [2.24, 2.45) is 5.41 Å². The number of hydrogen-bond donors (Lipinski definition) is 2. The molecule has 0 radical (unpaired) electrons. The normalized spacial score (nSPS) is 23.8. The minimum absolute atomic E-state index is 0.498. The predicted octanol–water partition coefficient (Wildman–Crippen LogP) is 1.69. The molecular formula is C14H31N3. The van der Waals surface area contributed by atoms with Crippen LogP contribution in [0.5, 0.6) is 0 Å². The summed E-state index contributed by atoms with van der Waals surface area (Å²) in [4.78, 5) is 2.57. The van der Waals surface area contributed by atoms with Gasteiger partial charge in [-0.15, -0.1) is 0 Å². The Kier molecular flexibility index (Phi) is 5.90. The van der Waals surface area contributed by atoms with Gasteiger partial charge in [-0.25, -0.2) is 0 Å². The molecule has 0 aliphatic carbocycles. The maximum Gasteiger partial charge on any atom is 0.0109 e. The van der Waals surface area contributed by atoms with E-state index in [1.165, 1.54) is 25.9 Å². The van der Waals surface area contributed by atoms with Crippen LogP contribution in [0.3, 0.4) is 0 Å². The van der Waals surface area contributed by atoms with Crippen LogP contribution in [-0.4, -0.2) is 50.2 Å². The van der Waals surface area contributed by atoms with Gasteiger partial charge in [0.2, 0.25) is 0 Å². The van der Waals surface area contributed by atoms with Crippen LogP contribution >= 0.6 is 0 Å². The van der Waals surface area contributed by atoms with Crippen LogP contribution in [0, 0.1) is 5.41 Å². The molecule has 0 aromatic carbocycles. The Morgan fingerprint density at radius 3 is 2.53 bits per heavy atom. The van der Waals surface area contributed by atoms with E-state index >= 15 is 0 Å². The van der Waals surface area contributed by atoms with E-state index in [9.17, 15) is 0 Å². The van der Waals surface area contributed by atoms with Gasteiger partial charge in [-0.1, -0.05) is 13.8 Å². The Morgan fingerprint density at radius 1 is 1.35 bits per heavy atom. The summed E-state index contributed by atoms with van der Waals surface area (Å²) >= 11 is 0. The first kappa shape index (κ1) is 14.9. The van der Waals surface area contributed by atoms with Crippen LogP contribution < -0.4 is 10.6 Å². The summed E-state index contributed by atoms with van der Waals surface area (Å²) in [6.07, 6.45) is 2.61. The highest BCUT2D eigenvalue weighted by atomic mass is 15.2. The first-order valence-corrected chi connectivity index (χ1v) is 7.06. The summed E-state index contributed by atoms with van der Waals surface area (Å²) in [7, 11) is 2.03. The van der Waals surface area contributed by atoms with Crippen molar-refractivity contribution >= 4 is 0 Å². The second-order valence-electron chi connectivity index (χ2n) is 6.47. The van der Waals surface area contributed by atoms with Gasteiger partial charge in [0.1, 0.15) is 0 Å². The molecule has 0 saturated carbocycles. The molecule has 1 saturated heterocycles. The van der Waals surface area contributed by atoms with Gasteiger partial charge in [0.15, 0.2) is 0 Å². The van der Waals surface area contributed by atoms with Crippen molar-refractivity contribution in [3.05, 3.63) is 0 Å². The quantitative estimate of drug-likeness (QED) is 0.710. The van der Waals surface area contributed by atoms with Crippen LogP contribution in [0.1, 0.15) is 40.5 Å². The average Bonchev–Trinajstić information content (AvgIpc) is 2.58. The lowest BCUT2D eigenvalue weighted by molar-refractivity contribution is 0.212. The summed E-state index contributed by atoms with van der Waals surface area (Å²) in [5.74, 6) is 0. The zero-order valence-corrected chi connectivity index (χ0v) is 12.3. The topological polar surface area (TPSA) is 27.3 Å². The van der Waals surface area contributed by atoms with Crippen molar-refractivity contribution < 1.29 is 0 Å². The van der Waals surface area contributed by atoms with Crippen molar-refractivity contribution in [2.75, 3.05) is 33.2 Å². The second kappa shape index (κ2) is 6.72. The smallest absolute Gasteiger partial charge is 0.0109 e. The molecular weight excluding hydrogens is 210 g/mol. The molecule has 17 heavy (non-hydrogen) atoms. The summed E-state index contributed by atoms with van der Waals surface area (Å²) in [6.45, 7) is 13.9. The Labute approximate surface area is 107 Å². The Balaban J connectivity index is 2.27. The zero-order chi connectivity index (χ0) is 12.9. The summed E-state index contributed by atoms with van der Waals surface area (Å²) in [5.41, 5.74) is 0.498. The van der Waals surface area contributed by atoms with E-state index in [-0.39, 0.29) is 0 Å². The standard InChI is InChI=1S/C14H31N3/c1-12(2)17(9-7-15-5)8-6-13-10-14(3,4)11-16-13/h12-13,15-16H,6-11H2,1-5H3. The third-order valence-electron chi connectivity index (χ3n) is 3.81. The predicted molar refractivity (Wildman–Crippen MR) is 75.4 cm³/mol. The maximum atomic E-state index is 3.65.